The number of amides is 1. The van der Waals surface area contributed by atoms with E-state index in [2.05, 4.69) is 5.32 Å². The van der Waals surface area contributed by atoms with E-state index in [4.69, 9.17) is 4.74 Å². The summed E-state index contributed by atoms with van der Waals surface area (Å²) in [7, 11) is 0.682. The molecule has 116 valence electrons. The third-order valence-electron chi connectivity index (χ3n) is 3.19. The van der Waals surface area contributed by atoms with Crippen molar-refractivity contribution in [1.82, 2.24) is 5.32 Å². The van der Waals surface area contributed by atoms with Crippen LogP contribution in [0.4, 0.5) is 0 Å². The van der Waals surface area contributed by atoms with Gasteiger partial charge in [-0.15, -0.1) is 0 Å². The Labute approximate surface area is 133 Å². The molecule has 0 saturated carbocycles. The number of hydrogen-bond acceptors (Lipinski definition) is 3. The Morgan fingerprint density at radius 2 is 1.95 bits per heavy atom. The normalized spacial score (nSPS) is 11.7. The van der Waals surface area contributed by atoms with Crippen LogP contribution in [-0.4, -0.2) is 23.5 Å². The Morgan fingerprint density at radius 3 is 2.68 bits per heavy atom. The first-order valence-electron chi connectivity index (χ1n) is 6.89. The van der Waals surface area contributed by atoms with E-state index in [0.717, 1.165) is 16.9 Å². The molecule has 0 saturated heterocycles. The van der Waals surface area contributed by atoms with Gasteiger partial charge in [-0.1, -0.05) is 30.3 Å². The molecule has 1 atom stereocenters. The number of hydrogen-bond donors (Lipinski definition) is 1. The van der Waals surface area contributed by atoms with Crippen LogP contribution < -0.4 is 10.1 Å². The summed E-state index contributed by atoms with van der Waals surface area (Å²) in [5.74, 6) is 1.04. The van der Waals surface area contributed by atoms with E-state index >= 15 is 0 Å². The van der Waals surface area contributed by atoms with Gasteiger partial charge in [0.25, 0.3) is 5.91 Å². The van der Waals surface area contributed by atoms with Crippen LogP contribution in [-0.2, 0) is 23.1 Å². The molecule has 1 amide bonds. The van der Waals surface area contributed by atoms with Gasteiger partial charge in [-0.25, -0.2) is 0 Å². The zero-order valence-corrected chi connectivity index (χ0v) is 13.5. The molecule has 0 heterocycles. The standard InChI is InChI=1S/C17H19NO3S/c1-21-16-9-4-3-7-15(16)11-18-17(19)14-8-5-6-13(10-14)12-22(2)20/h3-10H,11-12H2,1-2H3,(H,18,19)/t22-/m1/s1. The molecule has 2 aromatic carbocycles. The molecule has 2 rings (SSSR count). The van der Waals surface area contributed by atoms with Crippen LogP contribution in [0.1, 0.15) is 21.5 Å². The maximum atomic E-state index is 12.2. The van der Waals surface area contributed by atoms with Crippen molar-refractivity contribution in [3.05, 3.63) is 65.2 Å². The highest BCUT2D eigenvalue weighted by atomic mass is 32.2. The molecule has 0 unspecified atom stereocenters. The lowest BCUT2D eigenvalue weighted by molar-refractivity contribution is 0.0950. The van der Waals surface area contributed by atoms with Crippen molar-refractivity contribution in [1.29, 1.82) is 0 Å². The maximum absolute atomic E-state index is 12.2. The monoisotopic (exact) mass is 317 g/mol. The second kappa shape index (κ2) is 7.75. The third-order valence-corrected chi connectivity index (χ3v) is 3.93. The fourth-order valence-corrected chi connectivity index (χ4v) is 2.81. The van der Waals surface area contributed by atoms with Crippen LogP contribution in [0.25, 0.3) is 0 Å². The molecule has 0 bridgehead atoms. The van der Waals surface area contributed by atoms with Crippen LogP contribution in [0.15, 0.2) is 48.5 Å². The Morgan fingerprint density at radius 1 is 1.18 bits per heavy atom. The predicted molar refractivity (Wildman–Crippen MR) is 88.4 cm³/mol. The molecule has 0 radical (unpaired) electrons. The lowest BCUT2D eigenvalue weighted by Crippen LogP contribution is -2.23. The summed E-state index contributed by atoms with van der Waals surface area (Å²) < 4.78 is 16.5. The first-order valence-corrected chi connectivity index (χ1v) is 8.62. The van der Waals surface area contributed by atoms with E-state index in [-0.39, 0.29) is 5.91 Å². The number of para-hydroxylation sites is 1. The van der Waals surface area contributed by atoms with Crippen molar-refractivity contribution in [3.63, 3.8) is 0 Å². The average Bonchev–Trinajstić information content (AvgIpc) is 2.52. The lowest BCUT2D eigenvalue weighted by Gasteiger charge is -2.10. The van der Waals surface area contributed by atoms with Crippen LogP contribution in [0.2, 0.25) is 0 Å². The minimum atomic E-state index is -0.924. The molecule has 0 aromatic heterocycles. The summed E-state index contributed by atoms with van der Waals surface area (Å²) in [4.78, 5) is 12.2. The Balaban J connectivity index is 2.04. The van der Waals surface area contributed by atoms with Gasteiger partial charge in [0.2, 0.25) is 0 Å². The number of rotatable bonds is 6. The first-order chi connectivity index (χ1) is 10.6. The van der Waals surface area contributed by atoms with Crippen molar-refractivity contribution in [2.24, 2.45) is 0 Å². The SMILES string of the molecule is COc1ccccc1CNC(=O)c1cccc(C[S@@](C)=O)c1. The van der Waals surface area contributed by atoms with Gasteiger partial charge in [0.1, 0.15) is 5.75 Å². The molecule has 0 fully saturated rings. The van der Waals surface area contributed by atoms with Gasteiger partial charge in [0.15, 0.2) is 0 Å². The highest BCUT2D eigenvalue weighted by Crippen LogP contribution is 2.17. The minimum absolute atomic E-state index is 0.158. The number of methoxy groups -OCH3 is 1. The molecule has 0 aliphatic carbocycles. The Hall–Kier alpha value is -2.14. The van der Waals surface area contributed by atoms with Crippen molar-refractivity contribution >= 4 is 16.7 Å². The summed E-state index contributed by atoms with van der Waals surface area (Å²) in [6, 6.07) is 14.8. The molecule has 0 aliphatic rings. The molecule has 1 N–H and O–H groups in total. The quantitative estimate of drug-likeness (QED) is 0.890. The second-order valence-corrected chi connectivity index (χ2v) is 6.35. The van der Waals surface area contributed by atoms with Crippen LogP contribution in [0.3, 0.4) is 0 Å². The number of nitrogens with one attached hydrogen (secondary N) is 1. The molecular weight excluding hydrogens is 298 g/mol. The van der Waals surface area contributed by atoms with Crippen LogP contribution in [0, 0.1) is 0 Å². The lowest BCUT2D eigenvalue weighted by atomic mass is 10.1. The van der Waals surface area contributed by atoms with Gasteiger partial charge in [-0.3, -0.25) is 9.00 Å². The summed E-state index contributed by atoms with van der Waals surface area (Å²) >= 11 is 0. The van der Waals surface area contributed by atoms with Gasteiger partial charge in [-0.05, 0) is 23.8 Å². The first kappa shape index (κ1) is 16.2. The fraction of sp³-hybridized carbons (Fsp3) is 0.235. The number of benzene rings is 2. The topological polar surface area (TPSA) is 55.4 Å². The Bertz CT molecular complexity index is 685. The highest BCUT2D eigenvalue weighted by Gasteiger charge is 2.08. The fourth-order valence-electron chi connectivity index (χ4n) is 2.16. The van der Waals surface area contributed by atoms with Gasteiger partial charge in [0, 0.05) is 40.5 Å². The molecule has 2 aromatic rings. The zero-order chi connectivity index (χ0) is 15.9. The average molecular weight is 317 g/mol. The Kier molecular flexibility index (Phi) is 5.72. The highest BCUT2D eigenvalue weighted by molar-refractivity contribution is 7.83. The molecule has 22 heavy (non-hydrogen) atoms. The third kappa shape index (κ3) is 4.43. The molecular formula is C17H19NO3S. The smallest absolute Gasteiger partial charge is 0.251 e. The van der Waals surface area contributed by atoms with E-state index in [1.807, 2.05) is 30.3 Å². The van der Waals surface area contributed by atoms with Gasteiger partial charge >= 0.3 is 0 Å². The summed E-state index contributed by atoms with van der Waals surface area (Å²) in [5.41, 5.74) is 2.38. The molecule has 0 aliphatic heterocycles. The van der Waals surface area contributed by atoms with Gasteiger partial charge in [0.05, 0.1) is 7.11 Å². The number of ether oxygens (including phenoxy) is 1. The predicted octanol–water partition coefficient (Wildman–Crippen LogP) is 2.50. The van der Waals surface area contributed by atoms with Crippen molar-refractivity contribution < 1.29 is 13.7 Å². The van der Waals surface area contributed by atoms with Gasteiger partial charge in [-0.2, -0.15) is 0 Å². The largest absolute Gasteiger partial charge is 0.496 e. The molecule has 0 spiro atoms. The zero-order valence-electron chi connectivity index (χ0n) is 12.7. The van der Waals surface area contributed by atoms with Crippen LogP contribution in [0.5, 0.6) is 5.75 Å². The maximum Gasteiger partial charge on any atom is 0.251 e. The van der Waals surface area contributed by atoms with Crippen molar-refractivity contribution in [2.75, 3.05) is 13.4 Å². The van der Waals surface area contributed by atoms with Crippen LogP contribution >= 0.6 is 0 Å². The van der Waals surface area contributed by atoms with Crippen molar-refractivity contribution in [2.45, 2.75) is 12.3 Å². The number of carbonyl (C=O) groups excluding carboxylic acids is 1. The van der Waals surface area contributed by atoms with E-state index < -0.39 is 10.8 Å². The summed E-state index contributed by atoms with van der Waals surface area (Å²) in [5, 5.41) is 2.88. The van der Waals surface area contributed by atoms with Crippen molar-refractivity contribution in [3.8, 4) is 5.75 Å². The second-order valence-electron chi connectivity index (χ2n) is 4.91. The van der Waals surface area contributed by atoms with E-state index in [9.17, 15) is 9.00 Å². The summed E-state index contributed by atoms with van der Waals surface area (Å²) in [6.07, 6.45) is 1.65. The van der Waals surface area contributed by atoms with E-state index in [1.54, 1.807) is 31.6 Å². The molecule has 5 heteroatoms. The van der Waals surface area contributed by atoms with Gasteiger partial charge < -0.3 is 10.1 Å². The summed E-state index contributed by atoms with van der Waals surface area (Å²) in [6.45, 7) is 0.396. The molecule has 4 nitrogen and oxygen atoms in total. The van der Waals surface area contributed by atoms with E-state index in [1.165, 1.54) is 0 Å². The number of carbonyl (C=O) groups is 1. The van der Waals surface area contributed by atoms with E-state index in [0.29, 0.717) is 17.9 Å². The minimum Gasteiger partial charge on any atom is -0.496 e.